The minimum Gasteiger partial charge on any atom is -0.496 e. The van der Waals surface area contributed by atoms with E-state index in [-0.39, 0.29) is 0 Å². The van der Waals surface area contributed by atoms with Crippen LogP contribution in [0.25, 0.3) is 0 Å². The minimum atomic E-state index is -0.733. The van der Waals surface area contributed by atoms with Crippen molar-refractivity contribution in [3.63, 3.8) is 0 Å². The summed E-state index contributed by atoms with van der Waals surface area (Å²) in [6, 6.07) is 6.64. The van der Waals surface area contributed by atoms with Crippen LogP contribution < -0.4 is 10.1 Å². The number of nitrogens with one attached hydrogen (secondary N) is 1. The molecular weight excluding hydrogens is 266 g/mol. The predicted octanol–water partition coefficient (Wildman–Crippen LogP) is 2.64. The van der Waals surface area contributed by atoms with E-state index in [1.54, 1.807) is 21.0 Å². The molecule has 0 saturated heterocycles. The Labute approximate surface area is 126 Å². The van der Waals surface area contributed by atoms with E-state index in [4.69, 9.17) is 9.84 Å². The summed E-state index contributed by atoms with van der Waals surface area (Å²) in [5.74, 6) is 0.251. The second kappa shape index (κ2) is 6.48. The largest absolute Gasteiger partial charge is 0.496 e. The molecule has 0 heterocycles. The molecule has 1 unspecified atom stereocenters. The molecule has 4 nitrogen and oxygen atoms in total. The van der Waals surface area contributed by atoms with Gasteiger partial charge in [0.1, 0.15) is 5.75 Å². The molecule has 0 bridgehead atoms. The van der Waals surface area contributed by atoms with Gasteiger partial charge >= 0.3 is 5.97 Å². The van der Waals surface area contributed by atoms with Crippen LogP contribution in [0.4, 0.5) is 0 Å². The van der Waals surface area contributed by atoms with Crippen molar-refractivity contribution >= 4 is 5.97 Å². The number of carboxylic acid groups (broad SMARTS) is 1. The standard InChI is InChI=1S/C17H25NO3/c1-17(2,16(19)20)9-10-18-13-7-8-14-12(11-13)5-4-6-15(14)21-3/h4-6,13,18H,7-11H2,1-3H3,(H,19,20). The lowest BCUT2D eigenvalue weighted by atomic mass is 9.86. The van der Waals surface area contributed by atoms with Crippen LogP contribution in [0, 0.1) is 5.41 Å². The lowest BCUT2D eigenvalue weighted by molar-refractivity contribution is -0.147. The molecule has 0 radical (unpaired) electrons. The van der Waals surface area contributed by atoms with Gasteiger partial charge in [-0.15, -0.1) is 0 Å². The van der Waals surface area contributed by atoms with Gasteiger partial charge in [0.25, 0.3) is 0 Å². The summed E-state index contributed by atoms with van der Waals surface area (Å²) in [6.45, 7) is 4.29. The third-order valence-corrected chi connectivity index (χ3v) is 4.42. The highest BCUT2D eigenvalue weighted by atomic mass is 16.5. The normalized spacial score (nSPS) is 18.1. The van der Waals surface area contributed by atoms with Gasteiger partial charge in [-0.3, -0.25) is 4.79 Å². The molecule has 0 amide bonds. The van der Waals surface area contributed by atoms with Crippen LogP contribution >= 0.6 is 0 Å². The molecule has 0 spiro atoms. The monoisotopic (exact) mass is 291 g/mol. The van der Waals surface area contributed by atoms with Crippen LogP contribution in [0.3, 0.4) is 0 Å². The van der Waals surface area contributed by atoms with Crippen molar-refractivity contribution in [2.24, 2.45) is 5.41 Å². The summed E-state index contributed by atoms with van der Waals surface area (Å²) < 4.78 is 5.41. The van der Waals surface area contributed by atoms with E-state index in [0.29, 0.717) is 12.5 Å². The second-order valence-corrected chi connectivity index (χ2v) is 6.43. The molecular formula is C17H25NO3. The molecule has 0 aliphatic heterocycles. The third kappa shape index (κ3) is 3.76. The highest BCUT2D eigenvalue weighted by Crippen LogP contribution is 2.29. The summed E-state index contributed by atoms with van der Waals surface area (Å²) >= 11 is 0. The van der Waals surface area contributed by atoms with E-state index in [1.807, 2.05) is 12.1 Å². The summed E-state index contributed by atoms with van der Waals surface area (Å²) in [5, 5.41) is 12.6. The molecule has 1 atom stereocenters. The third-order valence-electron chi connectivity index (χ3n) is 4.42. The number of fused-ring (bicyclic) bond motifs is 1. The van der Waals surface area contributed by atoms with Gasteiger partial charge in [0.15, 0.2) is 0 Å². The van der Waals surface area contributed by atoms with Crippen molar-refractivity contribution in [1.82, 2.24) is 5.32 Å². The Hall–Kier alpha value is -1.55. The van der Waals surface area contributed by atoms with Gasteiger partial charge in [-0.25, -0.2) is 0 Å². The fraction of sp³-hybridized carbons (Fsp3) is 0.588. The number of hydrogen-bond acceptors (Lipinski definition) is 3. The quantitative estimate of drug-likeness (QED) is 0.846. The van der Waals surface area contributed by atoms with E-state index in [1.165, 1.54) is 11.1 Å². The van der Waals surface area contributed by atoms with Crippen LogP contribution in [0.1, 0.15) is 37.8 Å². The zero-order valence-corrected chi connectivity index (χ0v) is 13.1. The van der Waals surface area contributed by atoms with Gasteiger partial charge in [0.05, 0.1) is 12.5 Å². The average molecular weight is 291 g/mol. The maximum atomic E-state index is 11.1. The van der Waals surface area contributed by atoms with Gasteiger partial charge in [-0.1, -0.05) is 12.1 Å². The topological polar surface area (TPSA) is 58.6 Å². The molecule has 116 valence electrons. The first-order valence-corrected chi connectivity index (χ1v) is 7.55. The van der Waals surface area contributed by atoms with Gasteiger partial charge in [-0.05, 0) is 63.3 Å². The lowest BCUT2D eigenvalue weighted by Crippen LogP contribution is -2.38. The molecule has 1 aromatic carbocycles. The van der Waals surface area contributed by atoms with Crippen molar-refractivity contribution < 1.29 is 14.6 Å². The SMILES string of the molecule is COc1cccc2c1CCC(NCCC(C)(C)C(=O)O)C2. The van der Waals surface area contributed by atoms with Gasteiger partial charge < -0.3 is 15.2 Å². The minimum absolute atomic E-state index is 0.425. The maximum Gasteiger partial charge on any atom is 0.309 e. The molecule has 0 aromatic heterocycles. The Kier molecular flexibility index (Phi) is 4.88. The van der Waals surface area contributed by atoms with E-state index in [9.17, 15) is 4.79 Å². The summed E-state index contributed by atoms with van der Waals surface area (Å²) in [6.07, 6.45) is 3.71. The van der Waals surface area contributed by atoms with Crippen molar-refractivity contribution in [1.29, 1.82) is 0 Å². The Bertz CT molecular complexity index is 511. The highest BCUT2D eigenvalue weighted by Gasteiger charge is 2.27. The van der Waals surface area contributed by atoms with Crippen molar-refractivity contribution in [3.8, 4) is 5.75 Å². The Morgan fingerprint density at radius 2 is 2.24 bits per heavy atom. The fourth-order valence-electron chi connectivity index (χ4n) is 2.83. The number of aliphatic carboxylic acids is 1. The molecule has 2 rings (SSSR count). The van der Waals surface area contributed by atoms with Crippen molar-refractivity contribution in [3.05, 3.63) is 29.3 Å². The highest BCUT2D eigenvalue weighted by molar-refractivity contribution is 5.73. The summed E-state index contributed by atoms with van der Waals surface area (Å²) in [5.41, 5.74) is 2.00. The molecule has 1 aliphatic carbocycles. The zero-order chi connectivity index (χ0) is 15.5. The lowest BCUT2D eigenvalue weighted by Gasteiger charge is -2.28. The zero-order valence-electron chi connectivity index (χ0n) is 13.1. The molecule has 1 aromatic rings. The van der Waals surface area contributed by atoms with Crippen LogP contribution in [0.5, 0.6) is 5.75 Å². The average Bonchev–Trinajstić information content (AvgIpc) is 2.46. The molecule has 21 heavy (non-hydrogen) atoms. The van der Waals surface area contributed by atoms with Gasteiger partial charge in [-0.2, -0.15) is 0 Å². The van der Waals surface area contributed by atoms with Gasteiger partial charge in [0.2, 0.25) is 0 Å². The predicted molar refractivity (Wildman–Crippen MR) is 82.8 cm³/mol. The molecule has 1 aliphatic rings. The van der Waals surface area contributed by atoms with E-state index >= 15 is 0 Å². The first-order chi connectivity index (χ1) is 9.94. The number of carboxylic acids is 1. The fourth-order valence-corrected chi connectivity index (χ4v) is 2.83. The number of benzene rings is 1. The molecule has 0 saturated carbocycles. The van der Waals surface area contributed by atoms with Crippen LogP contribution in [-0.4, -0.2) is 30.8 Å². The molecule has 2 N–H and O–H groups in total. The summed E-state index contributed by atoms with van der Waals surface area (Å²) in [7, 11) is 1.72. The number of methoxy groups -OCH3 is 1. The van der Waals surface area contributed by atoms with Gasteiger partial charge in [0, 0.05) is 6.04 Å². The van der Waals surface area contributed by atoms with Crippen LogP contribution in [-0.2, 0) is 17.6 Å². The number of carbonyl (C=O) groups is 1. The Morgan fingerprint density at radius 3 is 2.90 bits per heavy atom. The van der Waals surface area contributed by atoms with E-state index in [0.717, 1.165) is 31.6 Å². The first-order valence-electron chi connectivity index (χ1n) is 7.55. The Morgan fingerprint density at radius 1 is 1.48 bits per heavy atom. The van der Waals surface area contributed by atoms with Crippen LogP contribution in [0.15, 0.2) is 18.2 Å². The number of ether oxygens (including phenoxy) is 1. The summed E-state index contributed by atoms with van der Waals surface area (Å²) in [4.78, 5) is 11.1. The number of hydrogen-bond donors (Lipinski definition) is 2. The smallest absolute Gasteiger partial charge is 0.309 e. The first kappa shape index (κ1) is 15.8. The molecule has 4 heteroatoms. The second-order valence-electron chi connectivity index (χ2n) is 6.43. The molecule has 0 fully saturated rings. The van der Waals surface area contributed by atoms with E-state index in [2.05, 4.69) is 11.4 Å². The number of rotatable bonds is 6. The van der Waals surface area contributed by atoms with Crippen molar-refractivity contribution in [2.45, 2.75) is 45.6 Å². The van der Waals surface area contributed by atoms with E-state index < -0.39 is 11.4 Å². The van der Waals surface area contributed by atoms with Crippen molar-refractivity contribution in [2.75, 3.05) is 13.7 Å². The maximum absolute atomic E-state index is 11.1. The van der Waals surface area contributed by atoms with Crippen LogP contribution in [0.2, 0.25) is 0 Å². The Balaban J connectivity index is 1.89.